The molecule has 1 unspecified atom stereocenters. The van der Waals surface area contributed by atoms with Gasteiger partial charge in [0.1, 0.15) is 0 Å². The summed E-state index contributed by atoms with van der Waals surface area (Å²) >= 11 is 0. The molecule has 2 rings (SSSR count). The summed E-state index contributed by atoms with van der Waals surface area (Å²) in [6.45, 7) is 5.65. The van der Waals surface area contributed by atoms with Crippen molar-refractivity contribution in [2.75, 3.05) is 40.0 Å². The number of amides is 1. The Morgan fingerprint density at radius 1 is 1.39 bits per heavy atom. The summed E-state index contributed by atoms with van der Waals surface area (Å²) < 4.78 is 10.7. The van der Waals surface area contributed by atoms with Gasteiger partial charge in [-0.25, -0.2) is 0 Å². The number of piperidine rings is 1. The Bertz CT molecular complexity index is 289. The molecule has 0 bridgehead atoms. The second-order valence-corrected chi connectivity index (χ2v) is 5.78. The fourth-order valence-corrected chi connectivity index (χ4v) is 2.79. The van der Waals surface area contributed by atoms with Gasteiger partial charge in [0.05, 0.1) is 24.2 Å². The molecule has 2 heterocycles. The highest BCUT2D eigenvalue weighted by molar-refractivity contribution is 5.83. The van der Waals surface area contributed by atoms with Crippen LogP contribution < -0.4 is 10.6 Å². The first-order chi connectivity index (χ1) is 8.60. The molecule has 2 aliphatic heterocycles. The number of nitrogens with one attached hydrogen (secondary N) is 2. The molecule has 1 amide bonds. The van der Waals surface area contributed by atoms with Crippen molar-refractivity contribution in [3.63, 3.8) is 0 Å². The van der Waals surface area contributed by atoms with Gasteiger partial charge in [0.2, 0.25) is 5.91 Å². The van der Waals surface area contributed by atoms with Gasteiger partial charge in [0, 0.05) is 13.7 Å². The van der Waals surface area contributed by atoms with E-state index in [0.717, 1.165) is 39.0 Å². The van der Waals surface area contributed by atoms with Crippen molar-refractivity contribution in [1.82, 2.24) is 10.6 Å². The average Bonchev–Trinajstić information content (AvgIpc) is 2.77. The molecule has 0 aromatic carbocycles. The van der Waals surface area contributed by atoms with E-state index in [4.69, 9.17) is 9.47 Å². The van der Waals surface area contributed by atoms with Gasteiger partial charge < -0.3 is 20.1 Å². The molecular weight excluding hydrogens is 232 g/mol. The number of carbonyl (C=O) groups excluding carboxylic acids is 1. The fourth-order valence-electron chi connectivity index (χ4n) is 2.79. The number of carbonyl (C=O) groups is 1. The Morgan fingerprint density at radius 2 is 2.11 bits per heavy atom. The van der Waals surface area contributed by atoms with Gasteiger partial charge in [-0.1, -0.05) is 0 Å². The molecule has 2 N–H and O–H groups in total. The molecule has 104 valence electrons. The third kappa shape index (κ3) is 2.84. The smallest absolute Gasteiger partial charge is 0.229 e. The predicted octanol–water partition coefficient (Wildman–Crippen LogP) is 0.298. The fraction of sp³-hybridized carbons (Fsp3) is 0.923. The largest absolute Gasteiger partial charge is 0.384 e. The Morgan fingerprint density at radius 3 is 2.67 bits per heavy atom. The zero-order valence-corrected chi connectivity index (χ0v) is 11.4. The maximum Gasteiger partial charge on any atom is 0.229 e. The lowest BCUT2D eigenvalue weighted by Gasteiger charge is -2.38. The van der Waals surface area contributed by atoms with Gasteiger partial charge in [-0.15, -0.1) is 0 Å². The summed E-state index contributed by atoms with van der Waals surface area (Å²) in [5.41, 5.74) is -0.575. The summed E-state index contributed by atoms with van der Waals surface area (Å²) in [4.78, 5) is 12.6. The van der Waals surface area contributed by atoms with E-state index < -0.39 is 0 Å². The molecule has 2 saturated heterocycles. The van der Waals surface area contributed by atoms with Crippen molar-refractivity contribution in [2.45, 2.75) is 31.7 Å². The van der Waals surface area contributed by atoms with Crippen molar-refractivity contribution in [3.05, 3.63) is 0 Å². The van der Waals surface area contributed by atoms with Gasteiger partial charge in [0.15, 0.2) is 0 Å². The zero-order valence-electron chi connectivity index (χ0n) is 11.4. The summed E-state index contributed by atoms with van der Waals surface area (Å²) in [6, 6.07) is 0. The number of ether oxygens (including phenoxy) is 2. The van der Waals surface area contributed by atoms with E-state index in [0.29, 0.717) is 13.2 Å². The molecule has 0 radical (unpaired) electrons. The Kier molecular flexibility index (Phi) is 4.25. The standard InChI is InChI=1S/C13H24N2O3/c1-12(5-8-18-9-12)15-11(16)13(10-17-2)3-6-14-7-4-13/h14H,3-10H2,1-2H3,(H,15,16). The molecule has 0 spiro atoms. The van der Waals surface area contributed by atoms with Gasteiger partial charge in [0.25, 0.3) is 0 Å². The molecule has 2 fully saturated rings. The molecule has 0 aromatic heterocycles. The zero-order chi connectivity index (χ0) is 13.1. The van der Waals surface area contributed by atoms with Crippen LogP contribution in [0.2, 0.25) is 0 Å². The van der Waals surface area contributed by atoms with E-state index >= 15 is 0 Å². The molecule has 1 atom stereocenters. The maximum atomic E-state index is 12.6. The van der Waals surface area contributed by atoms with Crippen LogP contribution in [0.15, 0.2) is 0 Å². The number of hydrogen-bond donors (Lipinski definition) is 2. The van der Waals surface area contributed by atoms with Crippen molar-refractivity contribution in [1.29, 1.82) is 0 Å². The first-order valence-electron chi connectivity index (χ1n) is 6.70. The van der Waals surface area contributed by atoms with E-state index in [9.17, 15) is 4.79 Å². The molecule has 0 aliphatic carbocycles. The van der Waals surface area contributed by atoms with E-state index in [1.165, 1.54) is 0 Å². The van der Waals surface area contributed by atoms with Crippen molar-refractivity contribution in [3.8, 4) is 0 Å². The topological polar surface area (TPSA) is 59.6 Å². The van der Waals surface area contributed by atoms with Crippen molar-refractivity contribution in [2.24, 2.45) is 5.41 Å². The minimum Gasteiger partial charge on any atom is -0.384 e. The lowest BCUT2D eigenvalue weighted by molar-refractivity contribution is -0.138. The second-order valence-electron chi connectivity index (χ2n) is 5.78. The average molecular weight is 256 g/mol. The SMILES string of the molecule is COCC1(C(=O)NC2(C)CCOC2)CCNCC1. The first-order valence-corrected chi connectivity index (χ1v) is 6.70. The van der Waals surface area contributed by atoms with Crippen LogP contribution in [0.25, 0.3) is 0 Å². The van der Waals surface area contributed by atoms with Crippen LogP contribution in [-0.4, -0.2) is 51.5 Å². The second kappa shape index (κ2) is 5.55. The summed E-state index contributed by atoms with van der Waals surface area (Å²) in [5, 5.41) is 6.47. The highest BCUT2D eigenvalue weighted by atomic mass is 16.5. The van der Waals surface area contributed by atoms with E-state index in [1.54, 1.807) is 7.11 Å². The minimum atomic E-state index is -0.369. The molecule has 0 saturated carbocycles. The summed E-state index contributed by atoms with van der Waals surface area (Å²) in [7, 11) is 1.66. The van der Waals surface area contributed by atoms with Crippen LogP contribution >= 0.6 is 0 Å². The molecule has 5 heteroatoms. The summed E-state index contributed by atoms with van der Waals surface area (Å²) in [6.07, 6.45) is 2.56. The minimum absolute atomic E-state index is 0.124. The normalized spacial score (nSPS) is 31.2. The molecule has 0 aromatic rings. The lowest BCUT2D eigenvalue weighted by Crippen LogP contribution is -2.56. The van der Waals surface area contributed by atoms with Gasteiger partial charge in [-0.3, -0.25) is 4.79 Å². The van der Waals surface area contributed by atoms with Crippen LogP contribution in [0, 0.1) is 5.41 Å². The van der Waals surface area contributed by atoms with E-state index in [-0.39, 0.29) is 16.9 Å². The maximum absolute atomic E-state index is 12.6. The Balaban J connectivity index is 2.03. The van der Waals surface area contributed by atoms with Gasteiger partial charge >= 0.3 is 0 Å². The van der Waals surface area contributed by atoms with Crippen LogP contribution in [0.3, 0.4) is 0 Å². The number of rotatable bonds is 4. The molecular formula is C13H24N2O3. The molecule has 5 nitrogen and oxygen atoms in total. The van der Waals surface area contributed by atoms with E-state index in [1.807, 2.05) is 0 Å². The van der Waals surface area contributed by atoms with Crippen molar-refractivity contribution < 1.29 is 14.3 Å². The molecule has 18 heavy (non-hydrogen) atoms. The van der Waals surface area contributed by atoms with Crippen LogP contribution in [0.4, 0.5) is 0 Å². The van der Waals surface area contributed by atoms with Crippen LogP contribution in [0.1, 0.15) is 26.2 Å². The van der Waals surface area contributed by atoms with Crippen LogP contribution in [0.5, 0.6) is 0 Å². The molecule has 2 aliphatic rings. The van der Waals surface area contributed by atoms with Crippen molar-refractivity contribution >= 4 is 5.91 Å². The third-order valence-corrected chi connectivity index (χ3v) is 4.10. The highest BCUT2D eigenvalue weighted by Gasteiger charge is 2.43. The first kappa shape index (κ1) is 13.8. The summed E-state index contributed by atoms with van der Waals surface area (Å²) in [5.74, 6) is 0.124. The van der Waals surface area contributed by atoms with E-state index in [2.05, 4.69) is 17.6 Å². The predicted molar refractivity (Wildman–Crippen MR) is 68.4 cm³/mol. The Labute approximate surface area is 109 Å². The number of hydrogen-bond acceptors (Lipinski definition) is 4. The highest BCUT2D eigenvalue weighted by Crippen LogP contribution is 2.31. The number of methoxy groups -OCH3 is 1. The Hall–Kier alpha value is -0.650. The monoisotopic (exact) mass is 256 g/mol. The van der Waals surface area contributed by atoms with Gasteiger partial charge in [-0.2, -0.15) is 0 Å². The lowest BCUT2D eigenvalue weighted by atomic mass is 9.78. The third-order valence-electron chi connectivity index (χ3n) is 4.10. The quantitative estimate of drug-likeness (QED) is 0.759. The van der Waals surface area contributed by atoms with Crippen LogP contribution in [-0.2, 0) is 14.3 Å². The van der Waals surface area contributed by atoms with Gasteiger partial charge in [-0.05, 0) is 39.3 Å².